The number of hydrogen-bond donors (Lipinski definition) is 2. The molecule has 0 aliphatic carbocycles. The van der Waals surface area contributed by atoms with Crippen molar-refractivity contribution in [3.8, 4) is 0 Å². The van der Waals surface area contributed by atoms with Gasteiger partial charge in [-0.15, -0.1) is 0 Å². The normalized spacial score (nSPS) is 12.5. The zero-order chi connectivity index (χ0) is 8.97. The zero-order valence-electron chi connectivity index (χ0n) is 7.54. The van der Waals surface area contributed by atoms with Crippen molar-refractivity contribution in [3.63, 3.8) is 0 Å². The van der Waals surface area contributed by atoms with E-state index in [4.69, 9.17) is 5.11 Å². The smallest absolute Gasteiger partial charge is 0.0647 e. The van der Waals surface area contributed by atoms with E-state index >= 15 is 0 Å². The fraction of sp³-hybridized carbons (Fsp3) is 0.400. The first-order valence-electron chi connectivity index (χ1n) is 4.18. The molecule has 1 heterocycles. The van der Waals surface area contributed by atoms with Crippen molar-refractivity contribution in [1.29, 1.82) is 0 Å². The molecular formula is C10H15NO. The fourth-order valence-corrected chi connectivity index (χ4v) is 1.04. The van der Waals surface area contributed by atoms with Crippen LogP contribution in [-0.2, 0) is 0 Å². The predicted octanol–water partition coefficient (Wildman–Crippen LogP) is 2.05. The molecule has 0 saturated carbocycles. The van der Waals surface area contributed by atoms with Crippen molar-refractivity contribution in [1.82, 2.24) is 4.98 Å². The monoisotopic (exact) mass is 165 g/mol. The van der Waals surface area contributed by atoms with Crippen LogP contribution in [0.5, 0.6) is 0 Å². The van der Waals surface area contributed by atoms with Gasteiger partial charge < -0.3 is 10.1 Å². The van der Waals surface area contributed by atoms with Crippen molar-refractivity contribution < 1.29 is 5.11 Å². The average Bonchev–Trinajstić information content (AvgIpc) is 2.51. The van der Waals surface area contributed by atoms with Crippen molar-refractivity contribution in [2.45, 2.75) is 13.8 Å². The molecule has 0 bridgehead atoms. The Morgan fingerprint density at radius 2 is 2.42 bits per heavy atom. The van der Waals surface area contributed by atoms with Crippen LogP contribution in [0.15, 0.2) is 24.0 Å². The van der Waals surface area contributed by atoms with Gasteiger partial charge in [0, 0.05) is 12.4 Å². The lowest BCUT2D eigenvalue weighted by atomic mass is 10.0. The van der Waals surface area contributed by atoms with Crippen LogP contribution >= 0.6 is 0 Å². The minimum atomic E-state index is 0.142. The summed E-state index contributed by atoms with van der Waals surface area (Å²) < 4.78 is 0. The number of nitrogens with one attached hydrogen (secondary N) is 1. The molecule has 12 heavy (non-hydrogen) atoms. The first-order chi connectivity index (χ1) is 5.74. The van der Waals surface area contributed by atoms with Crippen LogP contribution in [0.1, 0.15) is 19.4 Å². The topological polar surface area (TPSA) is 36.0 Å². The van der Waals surface area contributed by atoms with Crippen LogP contribution < -0.4 is 0 Å². The molecule has 2 nitrogen and oxygen atoms in total. The summed E-state index contributed by atoms with van der Waals surface area (Å²) in [6.07, 6.45) is 5.81. The van der Waals surface area contributed by atoms with Gasteiger partial charge in [0.25, 0.3) is 0 Å². The molecule has 0 fully saturated rings. The summed E-state index contributed by atoms with van der Waals surface area (Å²) in [7, 11) is 0. The third-order valence-corrected chi connectivity index (χ3v) is 1.90. The molecule has 0 unspecified atom stereocenters. The Labute approximate surface area is 72.9 Å². The highest BCUT2D eigenvalue weighted by Gasteiger charge is 2.00. The molecule has 0 aliphatic heterocycles. The van der Waals surface area contributed by atoms with Gasteiger partial charge in [0.15, 0.2) is 0 Å². The molecule has 2 N–H and O–H groups in total. The Balaban J connectivity index is 2.78. The van der Waals surface area contributed by atoms with Gasteiger partial charge in [-0.1, -0.05) is 19.9 Å². The second kappa shape index (κ2) is 4.12. The highest BCUT2D eigenvalue weighted by Crippen LogP contribution is 2.13. The van der Waals surface area contributed by atoms with E-state index in [0.717, 1.165) is 11.1 Å². The molecule has 1 aromatic rings. The number of aromatic amines is 1. The predicted molar refractivity (Wildman–Crippen MR) is 50.7 cm³/mol. The summed E-state index contributed by atoms with van der Waals surface area (Å²) >= 11 is 0. The Hall–Kier alpha value is -1.02. The number of hydrogen-bond acceptors (Lipinski definition) is 1. The van der Waals surface area contributed by atoms with Gasteiger partial charge in [-0.2, -0.15) is 0 Å². The second-order valence-electron chi connectivity index (χ2n) is 3.18. The van der Waals surface area contributed by atoms with Crippen LogP contribution in [0.2, 0.25) is 0 Å². The summed E-state index contributed by atoms with van der Waals surface area (Å²) in [5.41, 5.74) is 2.18. The van der Waals surface area contributed by atoms with E-state index < -0.39 is 0 Å². The molecule has 0 aliphatic rings. The van der Waals surface area contributed by atoms with Crippen molar-refractivity contribution in [2.24, 2.45) is 5.92 Å². The summed E-state index contributed by atoms with van der Waals surface area (Å²) in [6.45, 7) is 4.30. The molecule has 0 amide bonds. The summed E-state index contributed by atoms with van der Waals surface area (Å²) in [5, 5.41) is 9.02. The number of H-pyrrole nitrogens is 1. The lowest BCUT2D eigenvalue weighted by Crippen LogP contribution is -1.98. The van der Waals surface area contributed by atoms with Crippen molar-refractivity contribution in [2.75, 3.05) is 6.61 Å². The Kier molecular flexibility index (Phi) is 3.11. The lowest BCUT2D eigenvalue weighted by Gasteiger charge is -2.06. The lowest BCUT2D eigenvalue weighted by molar-refractivity contribution is 0.320. The third-order valence-electron chi connectivity index (χ3n) is 1.90. The minimum Gasteiger partial charge on any atom is -0.392 e. The molecule has 0 aromatic carbocycles. The first-order valence-corrected chi connectivity index (χ1v) is 4.18. The van der Waals surface area contributed by atoms with Crippen LogP contribution in [0.4, 0.5) is 0 Å². The summed E-state index contributed by atoms with van der Waals surface area (Å²) in [6, 6.07) is 1.98. The van der Waals surface area contributed by atoms with E-state index in [0.29, 0.717) is 5.92 Å². The van der Waals surface area contributed by atoms with Crippen LogP contribution in [-0.4, -0.2) is 16.7 Å². The maximum atomic E-state index is 9.02. The van der Waals surface area contributed by atoms with E-state index in [1.165, 1.54) is 0 Å². The van der Waals surface area contributed by atoms with E-state index in [2.05, 4.69) is 18.8 Å². The third kappa shape index (κ3) is 2.24. The molecule has 2 heteroatoms. The Morgan fingerprint density at radius 3 is 2.83 bits per heavy atom. The van der Waals surface area contributed by atoms with Crippen LogP contribution in [0.25, 0.3) is 6.08 Å². The molecule has 0 saturated heterocycles. The quantitative estimate of drug-likeness (QED) is 0.706. The number of rotatable bonds is 3. The van der Waals surface area contributed by atoms with Gasteiger partial charge in [-0.3, -0.25) is 0 Å². The van der Waals surface area contributed by atoms with Crippen LogP contribution in [0.3, 0.4) is 0 Å². The number of aromatic nitrogens is 1. The molecule has 0 spiro atoms. The van der Waals surface area contributed by atoms with Gasteiger partial charge in [0.1, 0.15) is 0 Å². The standard InChI is InChI=1S/C10H15NO/c1-8(2)10(7-12)5-9-3-4-11-6-9/h3-6,8,11-12H,7H2,1-2H3. The van der Waals surface area contributed by atoms with Crippen LogP contribution in [0, 0.1) is 5.92 Å². The van der Waals surface area contributed by atoms with E-state index in [-0.39, 0.29) is 6.61 Å². The van der Waals surface area contributed by atoms with E-state index in [1.54, 1.807) is 0 Å². The SMILES string of the molecule is CC(C)C(=Cc1cc[nH]c1)CO. The molecule has 1 rings (SSSR count). The highest BCUT2D eigenvalue weighted by molar-refractivity contribution is 5.52. The van der Waals surface area contributed by atoms with Gasteiger partial charge in [0.05, 0.1) is 6.61 Å². The largest absolute Gasteiger partial charge is 0.392 e. The van der Waals surface area contributed by atoms with Crippen molar-refractivity contribution >= 4 is 6.08 Å². The zero-order valence-corrected chi connectivity index (χ0v) is 7.54. The molecule has 0 radical (unpaired) electrons. The van der Waals surface area contributed by atoms with Gasteiger partial charge in [0.2, 0.25) is 0 Å². The summed E-state index contributed by atoms with van der Waals surface area (Å²) in [5.74, 6) is 0.407. The molecule has 1 aromatic heterocycles. The Bertz CT molecular complexity index is 247. The first kappa shape index (κ1) is 9.07. The maximum Gasteiger partial charge on any atom is 0.0647 e. The summed E-state index contributed by atoms with van der Waals surface area (Å²) in [4.78, 5) is 2.97. The maximum absolute atomic E-state index is 9.02. The molecule has 0 atom stereocenters. The molecular weight excluding hydrogens is 150 g/mol. The van der Waals surface area contributed by atoms with E-state index in [1.807, 2.05) is 24.5 Å². The minimum absolute atomic E-state index is 0.142. The van der Waals surface area contributed by atoms with Crippen molar-refractivity contribution in [3.05, 3.63) is 29.6 Å². The second-order valence-corrected chi connectivity index (χ2v) is 3.18. The highest BCUT2D eigenvalue weighted by atomic mass is 16.3. The number of aliphatic hydroxyl groups is 1. The van der Waals surface area contributed by atoms with E-state index in [9.17, 15) is 0 Å². The fourth-order valence-electron chi connectivity index (χ4n) is 1.04. The average molecular weight is 165 g/mol. The van der Waals surface area contributed by atoms with Gasteiger partial charge in [-0.25, -0.2) is 0 Å². The Morgan fingerprint density at radius 1 is 1.67 bits per heavy atom. The van der Waals surface area contributed by atoms with Gasteiger partial charge >= 0.3 is 0 Å². The van der Waals surface area contributed by atoms with Gasteiger partial charge in [-0.05, 0) is 23.1 Å². The molecule has 66 valence electrons. The number of aliphatic hydroxyl groups excluding tert-OH is 1.